The van der Waals surface area contributed by atoms with Crippen molar-refractivity contribution in [3.63, 3.8) is 0 Å². The Hall–Kier alpha value is -3.69. The molecule has 6 nitrogen and oxygen atoms in total. The molecule has 2 aromatic heterocycles. The van der Waals surface area contributed by atoms with Crippen molar-refractivity contribution < 1.29 is 14.0 Å². The van der Waals surface area contributed by atoms with Gasteiger partial charge < -0.3 is 15.5 Å². The van der Waals surface area contributed by atoms with E-state index in [1.165, 1.54) is 17.4 Å². The molecule has 2 aromatic carbocycles. The Morgan fingerprint density at radius 1 is 1.13 bits per heavy atom. The molecule has 4 aromatic rings. The fourth-order valence-electron chi connectivity index (χ4n) is 4.70. The Kier molecular flexibility index (Phi) is 7.99. The van der Waals surface area contributed by atoms with Gasteiger partial charge in [-0.15, -0.1) is 11.3 Å². The van der Waals surface area contributed by atoms with E-state index in [4.69, 9.17) is 0 Å². The fraction of sp³-hybridized carbons (Fsp3) is 0.233. The minimum atomic E-state index is -0.465. The monoisotopic (exact) mass is 560 g/mol. The fourth-order valence-corrected chi connectivity index (χ4v) is 6.42. The first-order chi connectivity index (χ1) is 18.9. The molecule has 1 aliphatic heterocycles. The topological polar surface area (TPSA) is 74.3 Å². The summed E-state index contributed by atoms with van der Waals surface area (Å²) < 4.78 is 14.3. The molecule has 1 aliphatic rings. The second kappa shape index (κ2) is 11.6. The van der Waals surface area contributed by atoms with Gasteiger partial charge in [-0.25, -0.2) is 9.37 Å². The molecule has 1 atom stereocenters. The quantitative estimate of drug-likeness (QED) is 0.258. The standard InChI is InChI=1S/C30H29FN4O2S2/c1-18-8-6-10-22(31)27(18)34-29(36)25-16-20-14-15-35(24-12-5-4-9-21(24)28(20)39-25)30(37)23-11-7-13-26(33-23)32-19(2)17-38-3/h4-13,16,19H,14-15,17H2,1-3H3,(H,32,33)(H,34,36). The van der Waals surface area contributed by atoms with Crippen molar-refractivity contribution in [2.75, 3.05) is 34.1 Å². The van der Waals surface area contributed by atoms with Crippen molar-refractivity contribution in [1.82, 2.24) is 4.98 Å². The number of halogens is 1. The van der Waals surface area contributed by atoms with Crippen LogP contribution in [0.3, 0.4) is 0 Å². The van der Waals surface area contributed by atoms with E-state index in [9.17, 15) is 14.0 Å². The van der Waals surface area contributed by atoms with E-state index in [0.29, 0.717) is 34.9 Å². The lowest BCUT2D eigenvalue weighted by atomic mass is 10.1. The first-order valence-corrected chi connectivity index (χ1v) is 14.9. The van der Waals surface area contributed by atoms with E-state index in [1.54, 1.807) is 41.8 Å². The zero-order valence-corrected chi connectivity index (χ0v) is 23.6. The van der Waals surface area contributed by atoms with Crippen molar-refractivity contribution in [3.8, 4) is 10.4 Å². The van der Waals surface area contributed by atoms with Crippen LogP contribution in [0, 0.1) is 12.7 Å². The minimum Gasteiger partial charge on any atom is -0.367 e. The average Bonchev–Trinajstić information content (AvgIpc) is 3.29. The molecule has 0 aliphatic carbocycles. The number of aromatic nitrogens is 1. The van der Waals surface area contributed by atoms with Crippen LogP contribution in [0.1, 0.15) is 38.2 Å². The molecule has 2 amide bonds. The molecular weight excluding hydrogens is 531 g/mol. The van der Waals surface area contributed by atoms with Crippen LogP contribution >= 0.6 is 23.1 Å². The lowest BCUT2D eigenvalue weighted by molar-refractivity contribution is 0.0981. The number of nitrogens with one attached hydrogen (secondary N) is 2. The third-order valence-corrected chi connectivity index (χ3v) is 8.60. The molecule has 5 rings (SSSR count). The number of anilines is 3. The summed E-state index contributed by atoms with van der Waals surface area (Å²) in [4.78, 5) is 34.6. The van der Waals surface area contributed by atoms with Gasteiger partial charge in [-0.3, -0.25) is 9.59 Å². The number of benzene rings is 2. The number of pyridine rings is 1. The highest BCUT2D eigenvalue weighted by Crippen LogP contribution is 2.42. The van der Waals surface area contributed by atoms with Gasteiger partial charge in [0.05, 0.1) is 16.3 Å². The Bertz CT molecular complexity index is 1520. The van der Waals surface area contributed by atoms with E-state index < -0.39 is 5.82 Å². The number of hydrogen-bond donors (Lipinski definition) is 2. The lowest BCUT2D eigenvalue weighted by Gasteiger charge is -2.23. The zero-order valence-electron chi connectivity index (χ0n) is 22.0. The molecule has 39 heavy (non-hydrogen) atoms. The molecule has 200 valence electrons. The van der Waals surface area contributed by atoms with Crippen molar-refractivity contribution in [3.05, 3.63) is 94.2 Å². The van der Waals surface area contributed by atoms with Gasteiger partial charge in [0.25, 0.3) is 11.8 Å². The van der Waals surface area contributed by atoms with Gasteiger partial charge >= 0.3 is 0 Å². The van der Waals surface area contributed by atoms with Crippen LogP contribution in [0.4, 0.5) is 21.6 Å². The number of carbonyl (C=O) groups excluding carboxylic acids is 2. The summed E-state index contributed by atoms with van der Waals surface area (Å²) in [7, 11) is 0. The predicted molar refractivity (Wildman–Crippen MR) is 160 cm³/mol. The number of fused-ring (bicyclic) bond motifs is 3. The van der Waals surface area contributed by atoms with Crippen molar-refractivity contribution in [2.24, 2.45) is 0 Å². The highest BCUT2D eigenvalue weighted by Gasteiger charge is 2.28. The normalized spacial score (nSPS) is 13.2. The van der Waals surface area contributed by atoms with Crippen LogP contribution in [0.25, 0.3) is 10.4 Å². The van der Waals surface area contributed by atoms with Crippen LogP contribution in [0.2, 0.25) is 0 Å². The van der Waals surface area contributed by atoms with Crippen LogP contribution in [-0.4, -0.2) is 41.4 Å². The zero-order chi connectivity index (χ0) is 27.5. The third-order valence-electron chi connectivity index (χ3n) is 6.56. The van der Waals surface area contributed by atoms with E-state index in [0.717, 1.165) is 27.4 Å². The maximum Gasteiger partial charge on any atom is 0.276 e. The van der Waals surface area contributed by atoms with E-state index in [-0.39, 0.29) is 23.5 Å². The van der Waals surface area contributed by atoms with Crippen LogP contribution in [0.15, 0.2) is 66.7 Å². The van der Waals surface area contributed by atoms with E-state index in [1.807, 2.05) is 42.5 Å². The Balaban J connectivity index is 1.43. The van der Waals surface area contributed by atoms with Gasteiger partial charge in [0.1, 0.15) is 17.3 Å². The number of carbonyl (C=O) groups is 2. The third kappa shape index (κ3) is 5.69. The SMILES string of the molecule is CSCC(C)Nc1cccc(C(=O)N2CCc3cc(C(=O)Nc4c(C)cccc4F)sc3-c3ccccc32)n1. The van der Waals surface area contributed by atoms with Gasteiger partial charge in [0.15, 0.2) is 0 Å². The van der Waals surface area contributed by atoms with Crippen LogP contribution in [-0.2, 0) is 6.42 Å². The molecule has 0 fully saturated rings. The summed E-state index contributed by atoms with van der Waals surface area (Å²) in [6.45, 7) is 4.28. The highest BCUT2D eigenvalue weighted by molar-refractivity contribution is 7.98. The Morgan fingerprint density at radius 3 is 2.72 bits per heavy atom. The molecule has 3 heterocycles. The van der Waals surface area contributed by atoms with Gasteiger partial charge in [-0.05, 0) is 68.0 Å². The summed E-state index contributed by atoms with van der Waals surface area (Å²) in [5, 5.41) is 6.10. The lowest BCUT2D eigenvalue weighted by Crippen LogP contribution is -2.33. The number of aryl methyl sites for hydroxylation is 1. The number of hydrogen-bond acceptors (Lipinski definition) is 6. The molecule has 0 saturated heterocycles. The molecule has 0 spiro atoms. The number of thioether (sulfide) groups is 1. The number of rotatable bonds is 7. The molecule has 0 saturated carbocycles. The van der Waals surface area contributed by atoms with Gasteiger partial charge in [0.2, 0.25) is 0 Å². The van der Waals surface area contributed by atoms with Gasteiger partial charge in [-0.2, -0.15) is 11.8 Å². The summed E-state index contributed by atoms with van der Waals surface area (Å²) in [5.74, 6) is 0.613. The van der Waals surface area contributed by atoms with E-state index >= 15 is 0 Å². The largest absolute Gasteiger partial charge is 0.367 e. The predicted octanol–water partition coefficient (Wildman–Crippen LogP) is 6.88. The molecule has 0 bridgehead atoms. The average molecular weight is 561 g/mol. The first kappa shape index (κ1) is 26.9. The molecule has 1 unspecified atom stereocenters. The van der Waals surface area contributed by atoms with Crippen molar-refractivity contribution in [2.45, 2.75) is 26.3 Å². The summed E-state index contributed by atoms with van der Waals surface area (Å²) in [6, 6.07) is 20.0. The molecular formula is C30H29FN4O2S2. The second-order valence-electron chi connectivity index (χ2n) is 9.48. The number of amides is 2. The number of para-hydroxylation sites is 2. The molecule has 9 heteroatoms. The maximum atomic E-state index is 14.3. The summed E-state index contributed by atoms with van der Waals surface area (Å²) in [6.07, 6.45) is 2.63. The van der Waals surface area contributed by atoms with Gasteiger partial charge in [-0.1, -0.05) is 36.4 Å². The van der Waals surface area contributed by atoms with E-state index in [2.05, 4.69) is 28.8 Å². The number of thiophene rings is 1. The minimum absolute atomic E-state index is 0.174. The summed E-state index contributed by atoms with van der Waals surface area (Å²) >= 11 is 3.10. The van der Waals surface area contributed by atoms with Crippen molar-refractivity contribution in [1.29, 1.82) is 0 Å². The number of nitrogens with zero attached hydrogens (tertiary/aromatic N) is 2. The highest BCUT2D eigenvalue weighted by atomic mass is 32.2. The van der Waals surface area contributed by atoms with Crippen LogP contribution < -0.4 is 15.5 Å². The van der Waals surface area contributed by atoms with Gasteiger partial charge in [0, 0.05) is 28.8 Å². The Morgan fingerprint density at radius 2 is 1.92 bits per heavy atom. The second-order valence-corrected chi connectivity index (χ2v) is 11.4. The molecule has 0 radical (unpaired) electrons. The Labute approximate surface area is 235 Å². The summed E-state index contributed by atoms with van der Waals surface area (Å²) in [5.41, 5.74) is 3.86. The van der Waals surface area contributed by atoms with Crippen molar-refractivity contribution >= 4 is 52.1 Å². The smallest absolute Gasteiger partial charge is 0.276 e. The first-order valence-electron chi connectivity index (χ1n) is 12.7. The molecule has 2 N–H and O–H groups in total. The maximum absolute atomic E-state index is 14.3. The van der Waals surface area contributed by atoms with Crippen LogP contribution in [0.5, 0.6) is 0 Å².